The molecule has 0 aliphatic heterocycles. The number of sulfone groups is 1. The van der Waals surface area contributed by atoms with Gasteiger partial charge in [-0.05, 0) is 23.8 Å². The molecule has 24 heavy (non-hydrogen) atoms. The lowest BCUT2D eigenvalue weighted by atomic mass is 10.2. The van der Waals surface area contributed by atoms with Crippen LogP contribution in [0.3, 0.4) is 0 Å². The molecule has 0 aliphatic rings. The normalized spacial score (nSPS) is 11.1. The largest absolute Gasteiger partial charge is 0.508 e. The lowest BCUT2D eigenvalue weighted by molar-refractivity contribution is 0.220. The van der Waals surface area contributed by atoms with E-state index >= 15 is 0 Å². The van der Waals surface area contributed by atoms with Crippen LogP contribution in [-0.2, 0) is 22.1 Å². The number of carbonyl (C=O) groups is 1. The average Bonchev–Trinajstić information content (AvgIpc) is 2.50. The van der Waals surface area contributed by atoms with Crippen molar-refractivity contribution in [2.75, 3.05) is 18.6 Å². The maximum absolute atomic E-state index is 12.2. The number of para-hydroxylation sites is 1. The van der Waals surface area contributed by atoms with Crippen LogP contribution in [0.15, 0.2) is 48.5 Å². The number of benzene rings is 2. The molecule has 128 valence electrons. The van der Waals surface area contributed by atoms with Gasteiger partial charge in [-0.2, -0.15) is 0 Å². The minimum Gasteiger partial charge on any atom is -0.508 e. The third-order valence-corrected chi connectivity index (χ3v) is 4.24. The van der Waals surface area contributed by atoms with E-state index in [1.54, 1.807) is 55.6 Å². The quantitative estimate of drug-likeness (QED) is 0.869. The van der Waals surface area contributed by atoms with E-state index in [1.165, 1.54) is 11.2 Å². The number of urea groups is 1. The Morgan fingerprint density at radius 1 is 1.12 bits per heavy atom. The van der Waals surface area contributed by atoms with E-state index in [2.05, 4.69) is 5.32 Å². The van der Waals surface area contributed by atoms with Gasteiger partial charge >= 0.3 is 6.03 Å². The Balaban J connectivity index is 1.97. The summed E-state index contributed by atoms with van der Waals surface area (Å²) in [5.41, 5.74) is 1.89. The SMILES string of the molecule is CN(Cc1ccccc1O)C(=O)Nc1ccc(CS(C)(=O)=O)cc1. The Bertz CT molecular complexity index is 817. The van der Waals surface area contributed by atoms with E-state index in [0.717, 1.165) is 0 Å². The zero-order chi connectivity index (χ0) is 17.7. The van der Waals surface area contributed by atoms with Crippen LogP contribution >= 0.6 is 0 Å². The summed E-state index contributed by atoms with van der Waals surface area (Å²) in [4.78, 5) is 13.6. The Morgan fingerprint density at radius 2 is 1.75 bits per heavy atom. The Hall–Kier alpha value is -2.54. The van der Waals surface area contributed by atoms with Gasteiger partial charge in [-0.3, -0.25) is 0 Å². The number of phenolic OH excluding ortho intramolecular Hbond substituents is 1. The molecule has 0 heterocycles. The second kappa shape index (κ2) is 7.35. The Morgan fingerprint density at radius 3 is 2.33 bits per heavy atom. The zero-order valence-electron chi connectivity index (χ0n) is 13.6. The minimum atomic E-state index is -3.08. The highest BCUT2D eigenvalue weighted by molar-refractivity contribution is 7.89. The Labute approximate surface area is 141 Å². The maximum atomic E-state index is 12.2. The fourth-order valence-corrected chi connectivity index (χ4v) is 2.98. The van der Waals surface area contributed by atoms with Crippen LogP contribution in [-0.4, -0.2) is 37.8 Å². The molecular weight excluding hydrogens is 328 g/mol. The lowest BCUT2D eigenvalue weighted by Gasteiger charge is -2.18. The number of carbonyl (C=O) groups excluding carboxylic acids is 1. The molecule has 0 aromatic heterocycles. The van der Waals surface area contributed by atoms with Crippen LogP contribution in [0.25, 0.3) is 0 Å². The molecule has 0 saturated carbocycles. The molecule has 6 nitrogen and oxygen atoms in total. The van der Waals surface area contributed by atoms with Crippen molar-refractivity contribution in [1.82, 2.24) is 4.90 Å². The first-order chi connectivity index (χ1) is 11.2. The van der Waals surface area contributed by atoms with Gasteiger partial charge in [-0.1, -0.05) is 30.3 Å². The van der Waals surface area contributed by atoms with E-state index in [9.17, 15) is 18.3 Å². The molecule has 7 heteroatoms. The summed E-state index contributed by atoms with van der Waals surface area (Å²) in [6.45, 7) is 0.269. The van der Waals surface area contributed by atoms with Crippen LogP contribution in [0.2, 0.25) is 0 Å². The van der Waals surface area contributed by atoms with Crippen molar-refractivity contribution in [1.29, 1.82) is 0 Å². The third-order valence-electron chi connectivity index (χ3n) is 3.38. The molecule has 2 N–H and O–H groups in total. The first kappa shape index (κ1) is 17.8. The van der Waals surface area contributed by atoms with Crippen LogP contribution in [0.1, 0.15) is 11.1 Å². The van der Waals surface area contributed by atoms with Crippen molar-refractivity contribution in [2.45, 2.75) is 12.3 Å². The summed E-state index contributed by atoms with van der Waals surface area (Å²) in [5.74, 6) is 0.108. The molecule has 0 spiro atoms. The predicted octanol–water partition coefficient (Wildman–Crippen LogP) is 2.60. The van der Waals surface area contributed by atoms with E-state index < -0.39 is 9.84 Å². The molecule has 2 aromatic rings. The second-order valence-electron chi connectivity index (χ2n) is 5.68. The molecular formula is C17H20N2O4S. The summed E-state index contributed by atoms with van der Waals surface area (Å²) >= 11 is 0. The Kier molecular flexibility index (Phi) is 5.46. The molecule has 0 saturated heterocycles. The number of nitrogens with one attached hydrogen (secondary N) is 1. The number of aromatic hydroxyl groups is 1. The lowest BCUT2D eigenvalue weighted by Crippen LogP contribution is -2.30. The van der Waals surface area contributed by atoms with E-state index in [4.69, 9.17) is 0 Å². The van der Waals surface area contributed by atoms with Crippen molar-refractivity contribution < 1.29 is 18.3 Å². The van der Waals surface area contributed by atoms with E-state index in [0.29, 0.717) is 16.8 Å². The number of hydrogen-bond donors (Lipinski definition) is 2. The smallest absolute Gasteiger partial charge is 0.321 e. The van der Waals surface area contributed by atoms with E-state index in [1.807, 2.05) is 0 Å². The van der Waals surface area contributed by atoms with Gasteiger partial charge in [-0.15, -0.1) is 0 Å². The molecule has 0 radical (unpaired) electrons. The number of hydrogen-bond acceptors (Lipinski definition) is 4. The van der Waals surface area contributed by atoms with Gasteiger partial charge in [-0.25, -0.2) is 13.2 Å². The van der Waals surface area contributed by atoms with Crippen molar-refractivity contribution in [3.05, 3.63) is 59.7 Å². The molecule has 2 aromatic carbocycles. The molecule has 0 unspecified atom stereocenters. The van der Waals surface area contributed by atoms with Crippen molar-refractivity contribution in [3.63, 3.8) is 0 Å². The first-order valence-corrected chi connectivity index (χ1v) is 9.36. The van der Waals surface area contributed by atoms with Gasteiger partial charge in [0.15, 0.2) is 9.84 Å². The summed E-state index contributed by atoms with van der Waals surface area (Å²) in [7, 11) is -1.46. The van der Waals surface area contributed by atoms with Gasteiger partial charge in [0.1, 0.15) is 5.75 Å². The standard InChI is InChI=1S/C17H20N2O4S/c1-19(11-14-5-3-4-6-16(14)20)17(21)18-15-9-7-13(8-10-15)12-24(2,22)23/h3-10,20H,11-12H2,1-2H3,(H,18,21). The highest BCUT2D eigenvalue weighted by Gasteiger charge is 2.11. The van der Waals surface area contributed by atoms with Gasteiger partial charge in [0.2, 0.25) is 0 Å². The maximum Gasteiger partial charge on any atom is 0.321 e. The second-order valence-corrected chi connectivity index (χ2v) is 7.82. The number of anilines is 1. The molecule has 0 aliphatic carbocycles. The number of amides is 2. The van der Waals surface area contributed by atoms with Gasteiger partial charge in [0, 0.05) is 24.6 Å². The number of phenols is 1. The van der Waals surface area contributed by atoms with E-state index in [-0.39, 0.29) is 24.1 Å². The van der Waals surface area contributed by atoms with Crippen molar-refractivity contribution in [3.8, 4) is 5.75 Å². The molecule has 2 amide bonds. The fraction of sp³-hybridized carbons (Fsp3) is 0.235. The number of nitrogens with zero attached hydrogens (tertiary/aromatic N) is 1. The van der Waals surface area contributed by atoms with Gasteiger partial charge in [0.25, 0.3) is 0 Å². The fourth-order valence-electron chi connectivity index (χ4n) is 2.18. The van der Waals surface area contributed by atoms with Crippen LogP contribution in [0, 0.1) is 0 Å². The summed E-state index contributed by atoms with van der Waals surface area (Å²) in [6.07, 6.45) is 1.18. The molecule has 0 atom stereocenters. The van der Waals surface area contributed by atoms with Crippen molar-refractivity contribution in [2.24, 2.45) is 0 Å². The molecule has 0 fully saturated rings. The van der Waals surface area contributed by atoms with Crippen molar-refractivity contribution >= 4 is 21.6 Å². The van der Waals surface area contributed by atoms with Crippen LogP contribution in [0.5, 0.6) is 5.75 Å². The monoisotopic (exact) mass is 348 g/mol. The topological polar surface area (TPSA) is 86.7 Å². The predicted molar refractivity (Wildman–Crippen MR) is 93.6 cm³/mol. The van der Waals surface area contributed by atoms with Crippen LogP contribution < -0.4 is 5.32 Å². The summed E-state index contributed by atoms with van der Waals surface area (Å²) in [5, 5.41) is 12.5. The number of rotatable bonds is 5. The highest BCUT2D eigenvalue weighted by Crippen LogP contribution is 2.18. The molecule has 0 bridgehead atoms. The van der Waals surface area contributed by atoms with Crippen LogP contribution in [0.4, 0.5) is 10.5 Å². The summed E-state index contributed by atoms with van der Waals surface area (Å²) in [6, 6.07) is 13.2. The summed E-state index contributed by atoms with van der Waals surface area (Å²) < 4.78 is 22.5. The van der Waals surface area contributed by atoms with Gasteiger partial charge in [0.05, 0.1) is 12.3 Å². The first-order valence-electron chi connectivity index (χ1n) is 7.30. The highest BCUT2D eigenvalue weighted by atomic mass is 32.2. The average molecular weight is 348 g/mol. The zero-order valence-corrected chi connectivity index (χ0v) is 14.4. The van der Waals surface area contributed by atoms with Gasteiger partial charge < -0.3 is 15.3 Å². The molecule has 2 rings (SSSR count). The minimum absolute atomic E-state index is 0.0333. The third kappa shape index (κ3) is 5.27.